The van der Waals surface area contributed by atoms with Gasteiger partial charge >= 0.3 is 5.97 Å². The summed E-state index contributed by atoms with van der Waals surface area (Å²) < 4.78 is 13.6. The summed E-state index contributed by atoms with van der Waals surface area (Å²) in [4.78, 5) is 34.8. The number of amides is 2. The topological polar surface area (TPSA) is 86.7 Å². The summed E-state index contributed by atoms with van der Waals surface area (Å²) in [5.74, 6) is -2.39. The number of nitrogens with zero attached hydrogens (tertiary/aromatic N) is 1. The molecule has 2 N–H and O–H groups in total. The Morgan fingerprint density at radius 1 is 1.50 bits per heavy atom. The molecule has 1 aromatic carbocycles. The number of carbonyl (C=O) groups is 3. The van der Waals surface area contributed by atoms with Gasteiger partial charge in [0, 0.05) is 19.2 Å². The van der Waals surface area contributed by atoms with Crippen LogP contribution in [-0.2, 0) is 16.1 Å². The van der Waals surface area contributed by atoms with Gasteiger partial charge in [-0.15, -0.1) is 0 Å². The van der Waals surface area contributed by atoms with Gasteiger partial charge in [0.1, 0.15) is 5.82 Å². The molecule has 0 radical (unpaired) electrons. The second-order valence-corrected chi connectivity index (χ2v) is 4.54. The largest absolute Gasteiger partial charge is 0.478 e. The smallest absolute Gasteiger partial charge is 0.335 e. The first-order valence-electron chi connectivity index (χ1n) is 5.95. The SMILES string of the molecule is CN1C(=O)CC(NCc2cc(C(=O)O)ccc2F)C1=O. The molecule has 2 rings (SSSR count). The van der Waals surface area contributed by atoms with Crippen molar-refractivity contribution in [2.75, 3.05) is 7.05 Å². The lowest BCUT2D eigenvalue weighted by Crippen LogP contribution is -2.36. The number of aromatic carboxylic acids is 1. The van der Waals surface area contributed by atoms with Gasteiger partial charge in [-0.2, -0.15) is 0 Å². The number of carboxylic acid groups (broad SMARTS) is 1. The Morgan fingerprint density at radius 2 is 2.20 bits per heavy atom. The highest BCUT2D eigenvalue weighted by Gasteiger charge is 2.35. The van der Waals surface area contributed by atoms with Crippen molar-refractivity contribution in [1.29, 1.82) is 0 Å². The third-order valence-corrected chi connectivity index (χ3v) is 3.21. The maximum atomic E-state index is 13.6. The van der Waals surface area contributed by atoms with Crippen LogP contribution in [0.3, 0.4) is 0 Å². The maximum Gasteiger partial charge on any atom is 0.335 e. The van der Waals surface area contributed by atoms with Gasteiger partial charge in [0.25, 0.3) is 0 Å². The number of benzene rings is 1. The van der Waals surface area contributed by atoms with Crippen LogP contribution in [0.15, 0.2) is 18.2 Å². The molecular formula is C13H13FN2O4. The number of rotatable bonds is 4. The highest BCUT2D eigenvalue weighted by atomic mass is 19.1. The lowest BCUT2D eigenvalue weighted by molar-refractivity contribution is -0.137. The molecule has 1 fully saturated rings. The molecule has 1 atom stereocenters. The van der Waals surface area contributed by atoms with Gasteiger partial charge in [0.15, 0.2) is 0 Å². The van der Waals surface area contributed by atoms with E-state index in [9.17, 15) is 18.8 Å². The number of hydrogen-bond donors (Lipinski definition) is 2. The molecule has 0 spiro atoms. The minimum absolute atomic E-state index is 0.0233. The van der Waals surface area contributed by atoms with Crippen LogP contribution in [0.2, 0.25) is 0 Å². The van der Waals surface area contributed by atoms with Crippen molar-refractivity contribution >= 4 is 17.8 Å². The zero-order valence-electron chi connectivity index (χ0n) is 10.7. The van der Waals surface area contributed by atoms with Crippen LogP contribution < -0.4 is 5.32 Å². The Balaban J connectivity index is 2.08. The third-order valence-electron chi connectivity index (χ3n) is 3.21. The van der Waals surface area contributed by atoms with Crippen LogP contribution in [0.1, 0.15) is 22.3 Å². The van der Waals surface area contributed by atoms with Gasteiger partial charge in [-0.05, 0) is 18.2 Å². The Labute approximate surface area is 114 Å². The number of nitrogens with one attached hydrogen (secondary N) is 1. The Hall–Kier alpha value is -2.28. The summed E-state index contributed by atoms with van der Waals surface area (Å²) in [6.07, 6.45) is 0.0234. The highest BCUT2D eigenvalue weighted by molar-refractivity contribution is 6.05. The predicted octanol–water partition coefficient (Wildman–Crippen LogP) is 0.371. The first kappa shape index (κ1) is 14.1. The van der Waals surface area contributed by atoms with Gasteiger partial charge in [-0.1, -0.05) is 0 Å². The molecule has 1 unspecified atom stereocenters. The van der Waals surface area contributed by atoms with Gasteiger partial charge in [-0.25, -0.2) is 9.18 Å². The molecule has 7 heteroatoms. The van der Waals surface area contributed by atoms with Gasteiger partial charge in [0.05, 0.1) is 18.0 Å². The lowest BCUT2D eigenvalue weighted by Gasteiger charge is -2.11. The van der Waals surface area contributed by atoms with Crippen molar-refractivity contribution in [3.8, 4) is 0 Å². The fraction of sp³-hybridized carbons (Fsp3) is 0.308. The van der Waals surface area contributed by atoms with Crippen LogP contribution in [0, 0.1) is 5.82 Å². The molecule has 1 aliphatic rings. The molecule has 1 aromatic rings. The third kappa shape index (κ3) is 2.67. The molecular weight excluding hydrogens is 267 g/mol. The zero-order chi connectivity index (χ0) is 14.9. The summed E-state index contributed by atoms with van der Waals surface area (Å²) in [5.41, 5.74) is 0.105. The number of carboxylic acids is 1. The molecule has 1 saturated heterocycles. The molecule has 6 nitrogen and oxygen atoms in total. The van der Waals surface area contributed by atoms with Gasteiger partial charge in [0.2, 0.25) is 11.8 Å². The molecule has 2 amide bonds. The van der Waals surface area contributed by atoms with Crippen molar-refractivity contribution < 1.29 is 23.9 Å². The lowest BCUT2D eigenvalue weighted by atomic mass is 10.1. The molecule has 0 aliphatic carbocycles. The monoisotopic (exact) mass is 280 g/mol. The van der Waals surface area contributed by atoms with Crippen LogP contribution >= 0.6 is 0 Å². The number of carbonyl (C=O) groups excluding carboxylic acids is 2. The van der Waals surface area contributed by atoms with E-state index in [1.165, 1.54) is 19.2 Å². The van der Waals surface area contributed by atoms with E-state index < -0.39 is 17.8 Å². The second kappa shape index (κ2) is 5.38. The fourth-order valence-corrected chi connectivity index (χ4v) is 1.99. The summed E-state index contributed by atoms with van der Waals surface area (Å²) >= 11 is 0. The number of likely N-dealkylation sites (tertiary alicyclic amines) is 1. The van der Waals surface area contributed by atoms with E-state index in [4.69, 9.17) is 5.11 Å². The predicted molar refractivity (Wildman–Crippen MR) is 66.4 cm³/mol. The zero-order valence-corrected chi connectivity index (χ0v) is 10.7. The molecule has 20 heavy (non-hydrogen) atoms. The first-order chi connectivity index (χ1) is 9.40. The quantitative estimate of drug-likeness (QED) is 0.778. The Kier molecular flexibility index (Phi) is 3.80. The van der Waals surface area contributed by atoms with E-state index in [0.717, 1.165) is 11.0 Å². The minimum atomic E-state index is -1.15. The van der Waals surface area contributed by atoms with E-state index in [0.29, 0.717) is 0 Å². The summed E-state index contributed by atoms with van der Waals surface area (Å²) in [6, 6.07) is 2.74. The standard InChI is InChI=1S/C13H13FN2O4/c1-16-11(17)5-10(12(16)18)15-6-8-4-7(13(19)20)2-3-9(8)14/h2-4,10,15H,5-6H2,1H3,(H,19,20). The first-order valence-corrected chi connectivity index (χ1v) is 5.95. The van der Waals surface area contributed by atoms with Crippen molar-refractivity contribution in [2.24, 2.45) is 0 Å². The van der Waals surface area contributed by atoms with Crippen molar-refractivity contribution in [1.82, 2.24) is 10.2 Å². The highest BCUT2D eigenvalue weighted by Crippen LogP contribution is 2.14. The van der Waals surface area contributed by atoms with E-state index in [1.807, 2.05) is 0 Å². The number of imide groups is 1. The van der Waals surface area contributed by atoms with E-state index in [-0.39, 0.29) is 35.9 Å². The number of likely N-dealkylation sites (N-methyl/N-ethyl adjacent to an activating group) is 1. The van der Waals surface area contributed by atoms with Gasteiger partial charge < -0.3 is 10.4 Å². The molecule has 0 saturated carbocycles. The number of halogens is 1. The summed E-state index contributed by atoms with van der Waals surface area (Å²) in [5, 5.41) is 11.6. The average molecular weight is 280 g/mol. The van der Waals surface area contributed by atoms with E-state index in [2.05, 4.69) is 5.32 Å². The van der Waals surface area contributed by atoms with E-state index >= 15 is 0 Å². The molecule has 0 aromatic heterocycles. The minimum Gasteiger partial charge on any atom is -0.478 e. The average Bonchev–Trinajstić information content (AvgIpc) is 2.65. The van der Waals surface area contributed by atoms with Crippen molar-refractivity contribution in [3.63, 3.8) is 0 Å². The normalized spacial score (nSPS) is 18.7. The fourth-order valence-electron chi connectivity index (χ4n) is 1.99. The number of hydrogen-bond acceptors (Lipinski definition) is 4. The second-order valence-electron chi connectivity index (χ2n) is 4.54. The maximum absolute atomic E-state index is 13.6. The molecule has 106 valence electrons. The van der Waals surface area contributed by atoms with E-state index in [1.54, 1.807) is 0 Å². The summed E-state index contributed by atoms with van der Waals surface area (Å²) in [6.45, 7) is -0.0233. The van der Waals surface area contributed by atoms with Gasteiger partial charge in [-0.3, -0.25) is 14.5 Å². The Bertz CT molecular complexity index is 588. The molecule has 1 aliphatic heterocycles. The van der Waals surface area contributed by atoms with Crippen molar-refractivity contribution in [2.45, 2.75) is 19.0 Å². The van der Waals surface area contributed by atoms with Crippen LogP contribution in [-0.4, -0.2) is 40.9 Å². The van der Waals surface area contributed by atoms with Crippen molar-refractivity contribution in [3.05, 3.63) is 35.1 Å². The van der Waals surface area contributed by atoms with Crippen LogP contribution in [0.25, 0.3) is 0 Å². The molecule has 0 bridgehead atoms. The molecule has 1 heterocycles. The van der Waals surface area contributed by atoms with Crippen LogP contribution in [0.4, 0.5) is 4.39 Å². The van der Waals surface area contributed by atoms with Crippen LogP contribution in [0.5, 0.6) is 0 Å². The summed E-state index contributed by atoms with van der Waals surface area (Å²) in [7, 11) is 1.39. The Morgan fingerprint density at radius 3 is 2.75 bits per heavy atom.